The van der Waals surface area contributed by atoms with Crippen molar-refractivity contribution < 1.29 is 9.53 Å². The molecule has 1 amide bonds. The number of ether oxygens (including phenoxy) is 1. The summed E-state index contributed by atoms with van der Waals surface area (Å²) < 4.78 is 5.33. The minimum absolute atomic E-state index is 0.281. The van der Waals surface area contributed by atoms with Gasteiger partial charge in [0.05, 0.1) is 0 Å². The van der Waals surface area contributed by atoms with E-state index in [0.29, 0.717) is 18.8 Å². The Hall–Kier alpha value is -1.51. The molecule has 0 bridgehead atoms. The molecule has 0 fully saturated rings. The second kappa shape index (κ2) is 5.54. The van der Waals surface area contributed by atoms with E-state index in [1.165, 1.54) is 5.56 Å². The highest BCUT2D eigenvalue weighted by atomic mass is 16.6. The van der Waals surface area contributed by atoms with Gasteiger partial charge in [-0.3, -0.25) is 0 Å². The summed E-state index contributed by atoms with van der Waals surface area (Å²) in [6.07, 6.45) is -0.281. The maximum Gasteiger partial charge on any atom is 0.415 e. The first-order valence-electron chi connectivity index (χ1n) is 5.62. The summed E-state index contributed by atoms with van der Waals surface area (Å²) in [5, 5.41) is 0. The second-order valence-electron chi connectivity index (χ2n) is 3.81. The highest BCUT2D eigenvalue weighted by Gasteiger charge is 2.12. The van der Waals surface area contributed by atoms with Gasteiger partial charge in [0, 0.05) is 13.1 Å². The zero-order chi connectivity index (χ0) is 12.1. The summed E-state index contributed by atoms with van der Waals surface area (Å²) >= 11 is 0. The number of aryl methyl sites for hydroxylation is 2. The molecule has 0 aromatic heterocycles. The first-order valence-corrected chi connectivity index (χ1v) is 5.62. The normalized spacial score (nSPS) is 10.0. The third kappa shape index (κ3) is 2.99. The molecule has 0 N–H and O–H groups in total. The van der Waals surface area contributed by atoms with Crippen molar-refractivity contribution in [1.82, 2.24) is 4.90 Å². The van der Waals surface area contributed by atoms with Crippen molar-refractivity contribution in [2.45, 2.75) is 27.7 Å². The van der Waals surface area contributed by atoms with Crippen LogP contribution in [0.2, 0.25) is 0 Å². The lowest BCUT2D eigenvalue weighted by Gasteiger charge is -2.18. The van der Waals surface area contributed by atoms with Gasteiger partial charge in [-0.2, -0.15) is 0 Å². The highest BCUT2D eigenvalue weighted by molar-refractivity contribution is 5.71. The van der Waals surface area contributed by atoms with Crippen molar-refractivity contribution in [3.63, 3.8) is 0 Å². The monoisotopic (exact) mass is 221 g/mol. The highest BCUT2D eigenvalue weighted by Crippen LogP contribution is 2.19. The molecule has 0 saturated carbocycles. The van der Waals surface area contributed by atoms with Gasteiger partial charge in [0.2, 0.25) is 0 Å². The van der Waals surface area contributed by atoms with Crippen LogP contribution in [0.3, 0.4) is 0 Å². The van der Waals surface area contributed by atoms with E-state index >= 15 is 0 Å². The van der Waals surface area contributed by atoms with Gasteiger partial charge in [-0.15, -0.1) is 0 Å². The molecule has 1 aromatic carbocycles. The minimum atomic E-state index is -0.281. The Balaban J connectivity index is 2.76. The molecule has 0 heterocycles. The number of hydrogen-bond donors (Lipinski definition) is 0. The molecule has 0 atom stereocenters. The number of hydrogen-bond acceptors (Lipinski definition) is 2. The van der Waals surface area contributed by atoms with Gasteiger partial charge < -0.3 is 9.64 Å². The Morgan fingerprint density at radius 2 is 1.88 bits per heavy atom. The first kappa shape index (κ1) is 12.6. The van der Waals surface area contributed by atoms with E-state index in [-0.39, 0.29) is 6.09 Å². The van der Waals surface area contributed by atoms with Crippen LogP contribution in [-0.2, 0) is 0 Å². The lowest BCUT2D eigenvalue weighted by Crippen LogP contribution is -2.33. The van der Waals surface area contributed by atoms with E-state index in [1.54, 1.807) is 4.90 Å². The van der Waals surface area contributed by atoms with Gasteiger partial charge in [-0.05, 0) is 39.3 Å². The van der Waals surface area contributed by atoms with E-state index in [1.807, 2.05) is 45.9 Å². The molecule has 1 aromatic rings. The van der Waals surface area contributed by atoms with Crippen molar-refractivity contribution in [2.75, 3.05) is 13.1 Å². The van der Waals surface area contributed by atoms with E-state index in [4.69, 9.17) is 4.74 Å². The number of rotatable bonds is 3. The number of carbonyl (C=O) groups is 1. The predicted molar refractivity (Wildman–Crippen MR) is 64.9 cm³/mol. The third-order valence-corrected chi connectivity index (χ3v) is 2.55. The quantitative estimate of drug-likeness (QED) is 0.784. The lowest BCUT2D eigenvalue weighted by molar-refractivity contribution is 0.157. The molecule has 0 radical (unpaired) electrons. The fraction of sp³-hybridized carbons (Fsp3) is 0.462. The summed E-state index contributed by atoms with van der Waals surface area (Å²) in [5.41, 5.74) is 2.15. The molecule has 3 nitrogen and oxygen atoms in total. The molecule has 0 spiro atoms. The van der Waals surface area contributed by atoms with Gasteiger partial charge in [0.15, 0.2) is 0 Å². The maximum absolute atomic E-state index is 11.7. The number of nitrogens with zero attached hydrogens (tertiary/aromatic N) is 1. The average Bonchev–Trinajstić information content (AvgIpc) is 2.24. The van der Waals surface area contributed by atoms with Crippen molar-refractivity contribution in [3.8, 4) is 5.75 Å². The minimum Gasteiger partial charge on any atom is -0.410 e. The van der Waals surface area contributed by atoms with Crippen molar-refractivity contribution >= 4 is 6.09 Å². The Morgan fingerprint density at radius 1 is 1.25 bits per heavy atom. The zero-order valence-electron chi connectivity index (χ0n) is 10.4. The zero-order valence-corrected chi connectivity index (χ0v) is 10.4. The van der Waals surface area contributed by atoms with Crippen molar-refractivity contribution in [1.29, 1.82) is 0 Å². The largest absolute Gasteiger partial charge is 0.415 e. The first-order chi connectivity index (χ1) is 7.58. The predicted octanol–water partition coefficient (Wildman–Crippen LogP) is 3.14. The Kier molecular flexibility index (Phi) is 4.35. The fourth-order valence-electron chi connectivity index (χ4n) is 1.55. The number of amides is 1. The van der Waals surface area contributed by atoms with E-state index < -0.39 is 0 Å². The van der Waals surface area contributed by atoms with Crippen LogP contribution < -0.4 is 4.74 Å². The van der Waals surface area contributed by atoms with Gasteiger partial charge in [-0.25, -0.2) is 4.79 Å². The summed E-state index contributed by atoms with van der Waals surface area (Å²) in [5.74, 6) is 0.641. The molecule has 0 aliphatic heterocycles. The second-order valence-corrected chi connectivity index (χ2v) is 3.81. The molecular weight excluding hydrogens is 202 g/mol. The van der Waals surface area contributed by atoms with Gasteiger partial charge in [0.1, 0.15) is 5.75 Å². The smallest absolute Gasteiger partial charge is 0.410 e. The molecule has 0 aliphatic rings. The van der Waals surface area contributed by atoms with Crippen LogP contribution in [-0.4, -0.2) is 24.1 Å². The Morgan fingerprint density at radius 3 is 2.38 bits per heavy atom. The molecule has 1 rings (SSSR count). The summed E-state index contributed by atoms with van der Waals surface area (Å²) in [6.45, 7) is 9.17. The average molecular weight is 221 g/mol. The van der Waals surface area contributed by atoms with E-state index in [2.05, 4.69) is 0 Å². The summed E-state index contributed by atoms with van der Waals surface area (Å²) in [4.78, 5) is 13.4. The molecule has 0 aliphatic carbocycles. The van der Waals surface area contributed by atoms with Crippen molar-refractivity contribution in [2.24, 2.45) is 0 Å². The lowest BCUT2D eigenvalue weighted by atomic mass is 10.1. The topological polar surface area (TPSA) is 29.5 Å². The summed E-state index contributed by atoms with van der Waals surface area (Å²) in [6, 6.07) is 5.79. The van der Waals surface area contributed by atoms with Crippen LogP contribution in [0.25, 0.3) is 0 Å². The molecule has 0 unspecified atom stereocenters. The van der Waals surface area contributed by atoms with Gasteiger partial charge in [0.25, 0.3) is 0 Å². The molecule has 3 heteroatoms. The molecule has 16 heavy (non-hydrogen) atoms. The third-order valence-electron chi connectivity index (χ3n) is 2.55. The Labute approximate surface area is 97.0 Å². The molecule has 0 saturated heterocycles. The molecular formula is C13H19NO2. The summed E-state index contributed by atoms with van der Waals surface area (Å²) in [7, 11) is 0. The van der Waals surface area contributed by atoms with Crippen LogP contribution in [0.1, 0.15) is 25.0 Å². The maximum atomic E-state index is 11.7. The van der Waals surface area contributed by atoms with E-state index in [0.717, 1.165) is 5.56 Å². The Bertz CT molecular complexity index is 370. The van der Waals surface area contributed by atoms with E-state index in [9.17, 15) is 4.79 Å². The van der Waals surface area contributed by atoms with Crippen LogP contribution in [0.15, 0.2) is 18.2 Å². The van der Waals surface area contributed by atoms with Crippen LogP contribution in [0.5, 0.6) is 5.75 Å². The van der Waals surface area contributed by atoms with Crippen molar-refractivity contribution in [3.05, 3.63) is 29.3 Å². The van der Waals surface area contributed by atoms with Gasteiger partial charge in [-0.1, -0.05) is 17.7 Å². The SMILES string of the molecule is CCN(CC)C(=O)Oc1ccc(C)cc1C. The fourth-order valence-corrected chi connectivity index (χ4v) is 1.55. The van der Waals surface area contributed by atoms with Crippen LogP contribution in [0, 0.1) is 13.8 Å². The molecule has 88 valence electrons. The number of carbonyl (C=O) groups excluding carboxylic acids is 1. The van der Waals surface area contributed by atoms with Crippen LogP contribution in [0.4, 0.5) is 4.79 Å². The number of benzene rings is 1. The van der Waals surface area contributed by atoms with Gasteiger partial charge >= 0.3 is 6.09 Å². The standard InChI is InChI=1S/C13H19NO2/c1-5-14(6-2)13(15)16-12-8-7-10(3)9-11(12)4/h7-9H,5-6H2,1-4H3. The van der Waals surface area contributed by atoms with Crippen LogP contribution >= 0.6 is 0 Å².